The molecule has 1 aliphatic heterocycles. The number of hydrogen-bond acceptors (Lipinski definition) is 8. The number of allylic oxidation sites excluding steroid dienone is 1. The van der Waals surface area contributed by atoms with E-state index in [-0.39, 0.29) is 23.1 Å². The van der Waals surface area contributed by atoms with Crippen LogP contribution in [0.5, 0.6) is 11.5 Å². The van der Waals surface area contributed by atoms with Gasteiger partial charge in [-0.25, -0.2) is 0 Å². The molecule has 0 radical (unpaired) electrons. The van der Waals surface area contributed by atoms with Crippen molar-refractivity contribution >= 4 is 17.1 Å². The van der Waals surface area contributed by atoms with Crippen molar-refractivity contribution < 1.29 is 14.2 Å². The number of nitrogens with one attached hydrogen (secondary N) is 3. The molecule has 2 aromatic rings. The number of anilines is 1. The average molecular weight is 464 g/mol. The van der Waals surface area contributed by atoms with Crippen LogP contribution in [0.2, 0.25) is 0 Å². The van der Waals surface area contributed by atoms with E-state index < -0.39 is 0 Å². The van der Waals surface area contributed by atoms with Crippen LogP contribution in [-0.4, -0.2) is 61.4 Å². The van der Waals surface area contributed by atoms with Gasteiger partial charge in [-0.1, -0.05) is 18.2 Å². The van der Waals surface area contributed by atoms with Gasteiger partial charge in [0.1, 0.15) is 35.6 Å². The molecule has 1 saturated heterocycles. The molecule has 5 N–H and O–H groups in total. The summed E-state index contributed by atoms with van der Waals surface area (Å²) < 4.78 is 17.7. The van der Waals surface area contributed by atoms with E-state index >= 15 is 0 Å². The molecule has 0 amide bonds. The minimum atomic E-state index is -0.126. The van der Waals surface area contributed by atoms with E-state index in [9.17, 15) is 0 Å². The van der Waals surface area contributed by atoms with Gasteiger partial charge in [-0.3, -0.25) is 10.8 Å². The minimum absolute atomic E-state index is 0.0499. The summed E-state index contributed by atoms with van der Waals surface area (Å²) in [5.41, 5.74) is 7.08. The van der Waals surface area contributed by atoms with Crippen LogP contribution in [0.15, 0.2) is 60.4 Å². The van der Waals surface area contributed by atoms with E-state index in [1.807, 2.05) is 43.4 Å². The second-order valence-electron chi connectivity index (χ2n) is 8.93. The number of nitrogens with two attached hydrogens (primary N) is 1. The molecule has 4 rings (SSSR count). The van der Waals surface area contributed by atoms with Crippen LogP contribution in [0.3, 0.4) is 0 Å². The first-order valence-corrected chi connectivity index (χ1v) is 11.6. The normalized spacial score (nSPS) is 19.3. The van der Waals surface area contributed by atoms with Crippen LogP contribution >= 0.6 is 0 Å². The summed E-state index contributed by atoms with van der Waals surface area (Å²) >= 11 is 0. The van der Waals surface area contributed by atoms with Crippen LogP contribution in [0, 0.1) is 10.8 Å². The number of para-hydroxylation sites is 1. The third kappa shape index (κ3) is 5.88. The van der Waals surface area contributed by atoms with Gasteiger partial charge in [0.25, 0.3) is 0 Å². The van der Waals surface area contributed by atoms with Crippen molar-refractivity contribution in [3.8, 4) is 11.5 Å². The molecule has 8 heteroatoms. The Balaban J connectivity index is 1.41. The highest BCUT2D eigenvalue weighted by molar-refractivity contribution is 6.50. The highest BCUT2D eigenvalue weighted by atomic mass is 16.5. The monoisotopic (exact) mass is 463 g/mol. The molecule has 34 heavy (non-hydrogen) atoms. The molecule has 1 heterocycles. The molecular weight excluding hydrogens is 430 g/mol. The van der Waals surface area contributed by atoms with E-state index in [2.05, 4.69) is 17.1 Å². The lowest BCUT2D eigenvalue weighted by Crippen LogP contribution is -2.46. The summed E-state index contributed by atoms with van der Waals surface area (Å²) in [6, 6.07) is 15.0. The Morgan fingerprint density at radius 2 is 1.97 bits per heavy atom. The molecule has 0 spiro atoms. The largest absolute Gasteiger partial charge is 0.491 e. The Hall–Kier alpha value is -3.52. The van der Waals surface area contributed by atoms with E-state index in [0.717, 1.165) is 24.4 Å². The van der Waals surface area contributed by atoms with Crippen molar-refractivity contribution in [1.82, 2.24) is 10.2 Å². The maximum absolute atomic E-state index is 8.61. The zero-order valence-corrected chi connectivity index (χ0v) is 19.8. The number of rotatable bonds is 10. The second-order valence-corrected chi connectivity index (χ2v) is 8.93. The van der Waals surface area contributed by atoms with Gasteiger partial charge in [0.15, 0.2) is 0 Å². The lowest BCUT2D eigenvalue weighted by atomic mass is 10.0. The molecule has 1 unspecified atom stereocenters. The highest BCUT2D eigenvalue weighted by Crippen LogP contribution is 2.40. The van der Waals surface area contributed by atoms with Crippen LogP contribution in [0.25, 0.3) is 0 Å². The molecule has 2 aromatic carbocycles. The van der Waals surface area contributed by atoms with Gasteiger partial charge in [-0.15, -0.1) is 0 Å². The number of hydrogen-bond donors (Lipinski definition) is 4. The van der Waals surface area contributed by atoms with Gasteiger partial charge in [-0.2, -0.15) is 0 Å². The zero-order chi connectivity index (χ0) is 24.1. The van der Waals surface area contributed by atoms with Gasteiger partial charge in [0.2, 0.25) is 0 Å². The summed E-state index contributed by atoms with van der Waals surface area (Å²) in [5, 5.41) is 20.3. The van der Waals surface area contributed by atoms with Crippen molar-refractivity contribution in [2.24, 2.45) is 0 Å². The van der Waals surface area contributed by atoms with Crippen molar-refractivity contribution in [2.75, 3.05) is 39.1 Å². The highest BCUT2D eigenvalue weighted by Gasteiger charge is 2.40. The van der Waals surface area contributed by atoms with Crippen molar-refractivity contribution in [3.05, 3.63) is 66.0 Å². The molecule has 1 atom stereocenters. The third-order valence-electron chi connectivity index (χ3n) is 6.08. The Morgan fingerprint density at radius 3 is 2.68 bits per heavy atom. The zero-order valence-electron chi connectivity index (χ0n) is 19.8. The molecule has 0 aromatic heterocycles. The smallest absolute Gasteiger partial charge is 0.120 e. The van der Waals surface area contributed by atoms with Gasteiger partial charge in [0.05, 0.1) is 18.0 Å². The van der Waals surface area contributed by atoms with Crippen LogP contribution in [0.4, 0.5) is 5.69 Å². The summed E-state index contributed by atoms with van der Waals surface area (Å²) in [6.45, 7) is 4.35. The lowest BCUT2D eigenvalue weighted by molar-refractivity contribution is -0.0394. The predicted molar refractivity (Wildman–Crippen MR) is 134 cm³/mol. The molecule has 2 fully saturated rings. The fraction of sp³-hybridized carbons (Fsp3) is 0.385. The standard InChI is InChI=1S/C26H33N5O3/c1-26(10-11-26)34-19-8-9-22(27)21(14-19)25(29)23(28)15-24(30-2)31-12-13-32-20(16-31)17-33-18-6-4-3-5-7-18/h3-9,14-15,20,28-30H,10-13,16-17,27H2,1-2H3/b24-15+,28-23?,29-25?. The number of nitrogens with zero attached hydrogens (tertiary/aromatic N) is 1. The third-order valence-corrected chi connectivity index (χ3v) is 6.08. The van der Waals surface area contributed by atoms with E-state index in [1.165, 1.54) is 0 Å². The first-order valence-electron chi connectivity index (χ1n) is 11.6. The predicted octanol–water partition coefficient (Wildman–Crippen LogP) is 3.43. The Labute approximate surface area is 200 Å². The van der Waals surface area contributed by atoms with Crippen molar-refractivity contribution in [2.45, 2.75) is 31.5 Å². The summed E-state index contributed by atoms with van der Waals surface area (Å²) in [5.74, 6) is 2.23. The van der Waals surface area contributed by atoms with E-state index in [4.69, 9.17) is 30.8 Å². The van der Waals surface area contributed by atoms with E-state index in [1.54, 1.807) is 18.2 Å². The molecule has 2 aliphatic rings. The fourth-order valence-corrected chi connectivity index (χ4v) is 3.80. The SMILES string of the molecule is CN/C(=C\C(=N)C(=N)c1cc(OC2(C)CC2)ccc1N)N1CCOC(COc2ccccc2)C1. The maximum Gasteiger partial charge on any atom is 0.120 e. The van der Waals surface area contributed by atoms with Gasteiger partial charge >= 0.3 is 0 Å². The molecule has 1 saturated carbocycles. The first-order chi connectivity index (χ1) is 16.4. The Kier molecular flexibility index (Phi) is 7.07. The molecule has 8 nitrogen and oxygen atoms in total. The second kappa shape index (κ2) is 10.2. The number of morpholine rings is 1. The van der Waals surface area contributed by atoms with Gasteiger partial charge in [0, 0.05) is 37.5 Å². The van der Waals surface area contributed by atoms with Gasteiger partial charge in [-0.05, 0) is 50.1 Å². The molecule has 0 bridgehead atoms. The number of ether oxygens (including phenoxy) is 3. The van der Waals surface area contributed by atoms with E-state index in [0.29, 0.717) is 43.3 Å². The summed E-state index contributed by atoms with van der Waals surface area (Å²) in [4.78, 5) is 2.11. The first kappa shape index (κ1) is 23.6. The average Bonchev–Trinajstić information content (AvgIpc) is 3.59. The van der Waals surface area contributed by atoms with Crippen LogP contribution in [-0.2, 0) is 4.74 Å². The number of nitrogen functional groups attached to an aromatic ring is 1. The number of benzene rings is 2. The summed E-state index contributed by atoms with van der Waals surface area (Å²) in [7, 11) is 1.81. The Bertz CT molecular complexity index is 1070. The quantitative estimate of drug-likeness (QED) is 0.317. The molecule has 1 aliphatic carbocycles. The maximum atomic E-state index is 8.61. The molecular formula is C26H33N5O3. The van der Waals surface area contributed by atoms with Crippen LogP contribution < -0.4 is 20.5 Å². The summed E-state index contributed by atoms with van der Waals surface area (Å²) in [6.07, 6.45) is 3.60. The van der Waals surface area contributed by atoms with Crippen LogP contribution in [0.1, 0.15) is 25.3 Å². The fourth-order valence-electron chi connectivity index (χ4n) is 3.80. The Morgan fingerprint density at radius 1 is 1.21 bits per heavy atom. The van der Waals surface area contributed by atoms with Gasteiger partial charge < -0.3 is 30.2 Å². The lowest BCUT2D eigenvalue weighted by Gasteiger charge is -2.35. The molecule has 180 valence electrons. The van der Waals surface area contributed by atoms with Crippen molar-refractivity contribution in [1.29, 1.82) is 10.8 Å². The van der Waals surface area contributed by atoms with Crippen molar-refractivity contribution in [3.63, 3.8) is 0 Å². The minimum Gasteiger partial charge on any atom is -0.491 e. The topological polar surface area (TPSA) is 117 Å².